The number of aliphatic hydroxyl groups is 2. The van der Waals surface area contributed by atoms with Crippen LogP contribution >= 0.6 is 11.3 Å². The van der Waals surface area contributed by atoms with Crippen molar-refractivity contribution in [2.45, 2.75) is 32.6 Å². The van der Waals surface area contributed by atoms with Crippen molar-refractivity contribution in [2.24, 2.45) is 5.73 Å². The maximum absolute atomic E-state index is 14.9. The van der Waals surface area contributed by atoms with E-state index in [1.807, 2.05) is 0 Å². The zero-order valence-electron chi connectivity index (χ0n) is 19.7. The van der Waals surface area contributed by atoms with Gasteiger partial charge in [-0.05, 0) is 37.6 Å². The maximum Gasteiger partial charge on any atom is 0.251 e. The molecule has 0 unspecified atom stereocenters. The summed E-state index contributed by atoms with van der Waals surface area (Å²) in [7, 11) is 0. The highest BCUT2D eigenvalue weighted by molar-refractivity contribution is 7.19. The highest BCUT2D eigenvalue weighted by atomic mass is 32.1. The number of hydrogen-bond donors (Lipinski definition) is 4. The largest absolute Gasteiger partial charge is 0.392 e. The Morgan fingerprint density at radius 3 is 2.63 bits per heavy atom. The Morgan fingerprint density at radius 2 is 2.00 bits per heavy atom. The number of nitrogens with one attached hydrogen (secondary N) is 1. The van der Waals surface area contributed by atoms with Gasteiger partial charge in [0.15, 0.2) is 0 Å². The van der Waals surface area contributed by atoms with Crippen molar-refractivity contribution in [1.29, 1.82) is 0 Å². The number of primary amides is 1. The van der Waals surface area contributed by atoms with E-state index < -0.39 is 17.3 Å². The standard InChI is InChI=1S/C25H29FN4O4S/c1-25(2,33)16-4-5-17(19(26)11-16)21-12-18(23(27)32)24(35-21)29-22-6-3-15(14-31)20(28-22)13-30-7-9-34-10-8-30/h3-6,11-12,31,33H,7-10,13-14H2,1-2H3,(H2,27,32)(H,28,29). The SMILES string of the molecule is CC(C)(O)c1ccc(-c2cc(C(N)=O)c(Nc3ccc(CO)c(CN4CCOCC4)n3)s2)c(F)c1. The molecule has 8 nitrogen and oxygen atoms in total. The number of ether oxygens (including phenoxy) is 1. The number of halogens is 1. The number of aliphatic hydroxyl groups excluding tert-OH is 1. The molecule has 1 aliphatic heterocycles. The zero-order valence-corrected chi connectivity index (χ0v) is 20.5. The lowest BCUT2D eigenvalue weighted by Gasteiger charge is -2.27. The van der Waals surface area contributed by atoms with Gasteiger partial charge in [-0.2, -0.15) is 0 Å². The molecule has 186 valence electrons. The molecule has 1 aromatic carbocycles. The summed E-state index contributed by atoms with van der Waals surface area (Å²) >= 11 is 1.18. The van der Waals surface area contributed by atoms with Crippen molar-refractivity contribution in [3.63, 3.8) is 0 Å². The molecule has 2 aromatic heterocycles. The zero-order chi connectivity index (χ0) is 25.2. The lowest BCUT2D eigenvalue weighted by molar-refractivity contribution is 0.0334. The third kappa shape index (κ3) is 5.85. The number of pyridine rings is 1. The summed E-state index contributed by atoms with van der Waals surface area (Å²) in [5.41, 5.74) is 6.85. The number of anilines is 2. The van der Waals surface area contributed by atoms with E-state index >= 15 is 0 Å². The van der Waals surface area contributed by atoms with Gasteiger partial charge in [-0.3, -0.25) is 9.69 Å². The van der Waals surface area contributed by atoms with Crippen LogP contribution in [0, 0.1) is 5.82 Å². The van der Waals surface area contributed by atoms with Crippen molar-refractivity contribution in [3.05, 3.63) is 64.6 Å². The van der Waals surface area contributed by atoms with Crippen molar-refractivity contribution >= 4 is 28.1 Å². The molecule has 10 heteroatoms. The molecule has 5 N–H and O–H groups in total. The number of benzene rings is 1. The van der Waals surface area contributed by atoms with Gasteiger partial charge < -0.3 is 26.0 Å². The predicted octanol–water partition coefficient (Wildman–Crippen LogP) is 3.34. The topological polar surface area (TPSA) is 121 Å². The molecule has 0 aliphatic carbocycles. The molecule has 1 aliphatic rings. The van der Waals surface area contributed by atoms with Gasteiger partial charge in [-0.15, -0.1) is 11.3 Å². The second kappa shape index (κ2) is 10.4. The lowest BCUT2D eigenvalue weighted by Crippen LogP contribution is -2.36. The van der Waals surface area contributed by atoms with E-state index in [4.69, 9.17) is 10.5 Å². The fraction of sp³-hybridized carbons (Fsp3) is 0.360. The number of rotatable bonds is 8. The average molecular weight is 501 g/mol. The van der Waals surface area contributed by atoms with Gasteiger partial charge in [0.25, 0.3) is 5.91 Å². The summed E-state index contributed by atoms with van der Waals surface area (Å²) in [6, 6.07) is 9.59. The first-order chi connectivity index (χ1) is 16.7. The molecule has 0 bridgehead atoms. The van der Waals surface area contributed by atoms with Crippen molar-refractivity contribution in [2.75, 3.05) is 31.6 Å². The summed E-state index contributed by atoms with van der Waals surface area (Å²) in [6.07, 6.45) is 0. The van der Waals surface area contributed by atoms with Gasteiger partial charge >= 0.3 is 0 Å². The highest BCUT2D eigenvalue weighted by Gasteiger charge is 2.21. The number of nitrogens with two attached hydrogens (primary N) is 1. The molecule has 0 spiro atoms. The van der Waals surface area contributed by atoms with Crippen LogP contribution in [0.1, 0.15) is 41.0 Å². The second-order valence-electron chi connectivity index (χ2n) is 8.95. The minimum Gasteiger partial charge on any atom is -0.392 e. The number of amides is 1. The van der Waals surface area contributed by atoms with Gasteiger partial charge in [-0.1, -0.05) is 18.2 Å². The number of thiophene rings is 1. The van der Waals surface area contributed by atoms with Crippen LogP contribution in [0.3, 0.4) is 0 Å². The van der Waals surface area contributed by atoms with Gasteiger partial charge in [0.05, 0.1) is 36.7 Å². The third-order valence-electron chi connectivity index (χ3n) is 5.90. The summed E-state index contributed by atoms with van der Waals surface area (Å²) in [4.78, 5) is 19.5. The number of morpholine rings is 1. The average Bonchev–Trinajstić information content (AvgIpc) is 3.23. The molecule has 4 rings (SSSR count). The summed E-state index contributed by atoms with van der Waals surface area (Å²) in [5, 5.41) is 23.5. The van der Waals surface area contributed by atoms with Crippen molar-refractivity contribution in [3.8, 4) is 10.4 Å². The number of carbonyl (C=O) groups excluding carboxylic acids is 1. The van der Waals surface area contributed by atoms with Crippen LogP contribution in [0.2, 0.25) is 0 Å². The predicted molar refractivity (Wildman–Crippen MR) is 133 cm³/mol. The van der Waals surface area contributed by atoms with Crippen LogP contribution in [0.15, 0.2) is 36.4 Å². The molecule has 1 saturated heterocycles. The summed E-state index contributed by atoms with van der Waals surface area (Å²) < 4.78 is 20.3. The van der Waals surface area contributed by atoms with Crippen LogP contribution in [0.5, 0.6) is 0 Å². The third-order valence-corrected chi connectivity index (χ3v) is 6.98. The van der Waals surface area contributed by atoms with Crippen LogP contribution in [-0.2, 0) is 23.5 Å². The maximum atomic E-state index is 14.9. The molecule has 35 heavy (non-hydrogen) atoms. The Bertz CT molecular complexity index is 1220. The monoisotopic (exact) mass is 500 g/mol. The Balaban J connectivity index is 1.63. The molecule has 3 heterocycles. The van der Waals surface area contributed by atoms with Gasteiger partial charge in [-0.25, -0.2) is 9.37 Å². The number of nitrogens with zero attached hydrogens (tertiary/aromatic N) is 2. The first kappa shape index (κ1) is 25.2. The molecule has 0 atom stereocenters. The van der Waals surface area contributed by atoms with Gasteiger partial charge in [0.1, 0.15) is 16.6 Å². The molecule has 0 saturated carbocycles. The smallest absolute Gasteiger partial charge is 0.251 e. The Hall–Kier alpha value is -2.89. The van der Waals surface area contributed by atoms with E-state index in [1.165, 1.54) is 17.4 Å². The van der Waals surface area contributed by atoms with Gasteiger partial charge in [0.2, 0.25) is 0 Å². The number of carbonyl (C=O) groups is 1. The fourth-order valence-corrected chi connectivity index (χ4v) is 4.96. The van der Waals surface area contributed by atoms with E-state index in [2.05, 4.69) is 15.2 Å². The highest BCUT2D eigenvalue weighted by Crippen LogP contribution is 2.38. The van der Waals surface area contributed by atoms with Crippen molar-refractivity contribution < 1.29 is 24.1 Å². The Morgan fingerprint density at radius 1 is 1.26 bits per heavy atom. The fourth-order valence-electron chi connectivity index (χ4n) is 3.86. The van der Waals surface area contributed by atoms with E-state index in [9.17, 15) is 19.4 Å². The minimum absolute atomic E-state index is 0.136. The van der Waals surface area contributed by atoms with Crippen LogP contribution in [-0.4, -0.2) is 52.3 Å². The first-order valence-corrected chi connectivity index (χ1v) is 12.1. The Kier molecular flexibility index (Phi) is 7.48. The normalized spacial score (nSPS) is 14.8. The van der Waals surface area contributed by atoms with Crippen molar-refractivity contribution in [1.82, 2.24) is 9.88 Å². The van der Waals surface area contributed by atoms with Crippen LogP contribution in [0.4, 0.5) is 15.2 Å². The summed E-state index contributed by atoms with van der Waals surface area (Å²) in [5.74, 6) is -0.671. The van der Waals surface area contributed by atoms with E-state index in [1.54, 1.807) is 44.2 Å². The molecule has 1 fully saturated rings. The molecular weight excluding hydrogens is 471 g/mol. The van der Waals surface area contributed by atoms with E-state index in [0.717, 1.165) is 24.3 Å². The van der Waals surface area contributed by atoms with E-state index in [0.29, 0.717) is 46.6 Å². The molecule has 1 amide bonds. The molecule has 0 radical (unpaired) electrons. The number of aromatic nitrogens is 1. The second-order valence-corrected chi connectivity index (χ2v) is 10.00. The number of hydrogen-bond acceptors (Lipinski definition) is 8. The molecular formula is C25H29FN4O4S. The van der Waals surface area contributed by atoms with Gasteiger partial charge in [0, 0.05) is 35.6 Å². The Labute approximate surface area is 207 Å². The van der Waals surface area contributed by atoms with E-state index in [-0.39, 0.29) is 12.2 Å². The minimum atomic E-state index is -1.18. The first-order valence-electron chi connectivity index (χ1n) is 11.3. The quantitative estimate of drug-likeness (QED) is 0.374. The lowest BCUT2D eigenvalue weighted by atomic mass is 9.96. The van der Waals surface area contributed by atoms with Crippen LogP contribution in [0.25, 0.3) is 10.4 Å². The van der Waals surface area contributed by atoms with Crippen LogP contribution < -0.4 is 11.1 Å². The summed E-state index contributed by atoms with van der Waals surface area (Å²) in [6.45, 7) is 6.46. The molecule has 3 aromatic rings.